The third-order valence-electron chi connectivity index (χ3n) is 5.72. The van der Waals surface area contributed by atoms with E-state index in [1.807, 2.05) is 56.3 Å². The van der Waals surface area contributed by atoms with Crippen molar-refractivity contribution in [2.45, 2.75) is 32.4 Å². The molecule has 0 aliphatic heterocycles. The highest BCUT2D eigenvalue weighted by atomic mass is 16.6. The molecule has 0 saturated carbocycles. The van der Waals surface area contributed by atoms with E-state index < -0.39 is 36.7 Å². The first kappa shape index (κ1) is 27.5. The van der Waals surface area contributed by atoms with Crippen LogP contribution in [0.3, 0.4) is 0 Å². The number of hydrogen-bond donors (Lipinski definition) is 3. The molecule has 9 heteroatoms. The molecule has 0 aromatic heterocycles. The van der Waals surface area contributed by atoms with Crippen LogP contribution in [0.2, 0.25) is 0 Å². The van der Waals surface area contributed by atoms with E-state index in [4.69, 9.17) is 14.6 Å². The minimum atomic E-state index is -1.76. The predicted octanol–water partition coefficient (Wildman–Crippen LogP) is 3.48. The molecule has 2 amide bonds. The van der Waals surface area contributed by atoms with Gasteiger partial charge in [0.05, 0.1) is 13.7 Å². The summed E-state index contributed by atoms with van der Waals surface area (Å²) in [6, 6.07) is 18.3. The summed E-state index contributed by atoms with van der Waals surface area (Å²) < 4.78 is 10.9. The number of carbonyl (C=O) groups excluding carboxylic acids is 2. The zero-order chi connectivity index (χ0) is 26.9. The van der Waals surface area contributed by atoms with Crippen LogP contribution in [0.1, 0.15) is 19.4 Å². The molecule has 0 saturated heterocycles. The summed E-state index contributed by atoms with van der Waals surface area (Å²) in [5.74, 6) is -1.60. The van der Waals surface area contributed by atoms with Crippen LogP contribution in [-0.2, 0) is 16.0 Å². The molecule has 0 aliphatic rings. The largest absolute Gasteiger partial charge is 0.493 e. The number of carboxylic acid groups (broad SMARTS) is 1. The van der Waals surface area contributed by atoms with Crippen molar-refractivity contribution >= 4 is 28.7 Å². The van der Waals surface area contributed by atoms with E-state index in [0.29, 0.717) is 5.75 Å². The Bertz CT molecular complexity index is 1240. The average molecular weight is 509 g/mol. The first-order chi connectivity index (χ1) is 17.7. The number of esters is 1. The van der Waals surface area contributed by atoms with Gasteiger partial charge in [0, 0.05) is 13.0 Å². The molecule has 196 valence electrons. The average Bonchev–Trinajstić information content (AvgIpc) is 2.87. The second-order valence-corrected chi connectivity index (χ2v) is 9.07. The monoisotopic (exact) mass is 508 g/mol. The minimum absolute atomic E-state index is 0.0104. The summed E-state index contributed by atoms with van der Waals surface area (Å²) in [5, 5.41) is 23.6. The van der Waals surface area contributed by atoms with Crippen LogP contribution < -0.4 is 14.8 Å². The summed E-state index contributed by atoms with van der Waals surface area (Å²) in [6.07, 6.45) is -1.64. The Morgan fingerprint density at radius 2 is 1.57 bits per heavy atom. The fraction of sp³-hybridized carbons (Fsp3) is 0.321. The fourth-order valence-corrected chi connectivity index (χ4v) is 3.97. The van der Waals surface area contributed by atoms with Crippen LogP contribution in [0.5, 0.6) is 11.5 Å². The van der Waals surface area contributed by atoms with E-state index in [1.165, 1.54) is 12.0 Å². The van der Waals surface area contributed by atoms with Gasteiger partial charge in [0.1, 0.15) is 6.04 Å². The molecule has 3 rings (SSSR count). The molecule has 3 N–H and O–H groups in total. The maximum absolute atomic E-state index is 13.4. The van der Waals surface area contributed by atoms with Gasteiger partial charge in [0.15, 0.2) is 17.6 Å². The highest BCUT2D eigenvalue weighted by molar-refractivity contribution is 5.89. The van der Waals surface area contributed by atoms with E-state index in [0.717, 1.165) is 16.3 Å². The van der Waals surface area contributed by atoms with Gasteiger partial charge in [0.2, 0.25) is 0 Å². The number of benzene rings is 3. The summed E-state index contributed by atoms with van der Waals surface area (Å²) in [4.78, 5) is 39.0. The Morgan fingerprint density at radius 1 is 0.919 bits per heavy atom. The van der Waals surface area contributed by atoms with Crippen molar-refractivity contribution in [3.05, 3.63) is 72.3 Å². The van der Waals surface area contributed by atoms with Crippen molar-refractivity contribution < 1.29 is 34.1 Å². The lowest BCUT2D eigenvalue weighted by Gasteiger charge is -2.28. The van der Waals surface area contributed by atoms with Crippen LogP contribution >= 0.6 is 0 Å². The number of methoxy groups -OCH3 is 1. The molecule has 2 atom stereocenters. The Hall–Kier alpha value is -4.11. The number of carboxylic acids is 1. The Morgan fingerprint density at radius 3 is 2.24 bits per heavy atom. The van der Waals surface area contributed by atoms with E-state index in [-0.39, 0.29) is 24.6 Å². The second kappa shape index (κ2) is 12.7. The number of ether oxygens (including phenoxy) is 2. The lowest BCUT2D eigenvalue weighted by molar-refractivity contribution is -0.147. The number of amides is 2. The smallest absolute Gasteiger partial charge is 0.334 e. The lowest BCUT2D eigenvalue weighted by Crippen LogP contribution is -2.53. The first-order valence-electron chi connectivity index (χ1n) is 12.0. The van der Waals surface area contributed by atoms with Crippen molar-refractivity contribution in [1.29, 1.82) is 0 Å². The van der Waals surface area contributed by atoms with Crippen LogP contribution in [-0.4, -0.2) is 65.4 Å². The standard InChI is InChI=1S/C28H32N2O7/c1-18(2)16-30(17-23(31)26(32)33)28(35)29-22(27(34)37-25-14-7-6-13-24(25)36-3)15-20-11-8-10-19-9-4-5-12-21(19)20/h4-14,18,22-23,31H,15-17H2,1-3H3,(H,29,35)(H,32,33)/t22-,23?/m0/s1. The number of fused-ring (bicyclic) bond motifs is 1. The van der Waals surface area contributed by atoms with Crippen molar-refractivity contribution in [3.8, 4) is 11.5 Å². The number of hydrogen-bond acceptors (Lipinski definition) is 6. The SMILES string of the molecule is COc1ccccc1OC(=O)[C@H](Cc1cccc2ccccc12)NC(=O)N(CC(C)C)CC(O)C(=O)O. The first-order valence-corrected chi connectivity index (χ1v) is 12.0. The molecule has 0 aliphatic carbocycles. The molecule has 1 unspecified atom stereocenters. The molecule has 9 nitrogen and oxygen atoms in total. The van der Waals surface area contributed by atoms with Crippen LogP contribution in [0.15, 0.2) is 66.7 Å². The number of aliphatic carboxylic acids is 1. The number of carbonyl (C=O) groups is 3. The van der Waals surface area contributed by atoms with Crippen molar-refractivity contribution in [1.82, 2.24) is 10.2 Å². The quantitative estimate of drug-likeness (QED) is 0.267. The highest BCUT2D eigenvalue weighted by Gasteiger charge is 2.29. The van der Waals surface area contributed by atoms with E-state index in [1.54, 1.807) is 24.3 Å². The second-order valence-electron chi connectivity index (χ2n) is 9.07. The number of aliphatic hydroxyl groups is 1. The molecule has 0 bridgehead atoms. The van der Waals surface area contributed by atoms with Gasteiger partial charge >= 0.3 is 18.0 Å². The number of urea groups is 1. The van der Waals surface area contributed by atoms with Crippen LogP contribution in [0.25, 0.3) is 10.8 Å². The van der Waals surface area contributed by atoms with Gasteiger partial charge in [-0.25, -0.2) is 14.4 Å². The maximum atomic E-state index is 13.4. The number of nitrogens with one attached hydrogen (secondary N) is 1. The molecule has 37 heavy (non-hydrogen) atoms. The molecule has 3 aromatic carbocycles. The number of rotatable bonds is 11. The van der Waals surface area contributed by atoms with Crippen molar-refractivity contribution in [2.24, 2.45) is 5.92 Å². The minimum Gasteiger partial charge on any atom is -0.493 e. The summed E-state index contributed by atoms with van der Waals surface area (Å²) in [6.45, 7) is 3.47. The number of para-hydroxylation sites is 2. The van der Waals surface area contributed by atoms with Gasteiger partial charge in [-0.1, -0.05) is 68.4 Å². The molecule has 0 radical (unpaired) electrons. The van der Waals surface area contributed by atoms with E-state index in [9.17, 15) is 19.5 Å². The lowest BCUT2D eigenvalue weighted by atomic mass is 9.99. The summed E-state index contributed by atoms with van der Waals surface area (Å²) in [5.41, 5.74) is 0.821. The maximum Gasteiger partial charge on any atom is 0.334 e. The molecular formula is C28H32N2O7. The summed E-state index contributed by atoms with van der Waals surface area (Å²) >= 11 is 0. The fourth-order valence-electron chi connectivity index (χ4n) is 3.97. The van der Waals surface area contributed by atoms with Crippen LogP contribution in [0.4, 0.5) is 4.79 Å². The third kappa shape index (κ3) is 7.44. The van der Waals surface area contributed by atoms with Gasteiger partial charge in [-0.2, -0.15) is 0 Å². The predicted molar refractivity (Wildman–Crippen MR) is 139 cm³/mol. The third-order valence-corrected chi connectivity index (χ3v) is 5.72. The van der Waals surface area contributed by atoms with Gasteiger partial charge in [-0.3, -0.25) is 0 Å². The molecule has 0 heterocycles. The normalized spacial score (nSPS) is 12.6. The van der Waals surface area contributed by atoms with E-state index >= 15 is 0 Å². The topological polar surface area (TPSA) is 125 Å². The number of nitrogens with zero attached hydrogens (tertiary/aromatic N) is 1. The molecule has 0 spiro atoms. The van der Waals surface area contributed by atoms with Crippen LogP contribution in [0, 0.1) is 5.92 Å². The highest BCUT2D eigenvalue weighted by Crippen LogP contribution is 2.27. The number of aliphatic hydroxyl groups excluding tert-OH is 1. The summed E-state index contributed by atoms with van der Waals surface area (Å²) in [7, 11) is 1.46. The van der Waals surface area contributed by atoms with Gasteiger partial charge < -0.3 is 29.9 Å². The van der Waals surface area contributed by atoms with Crippen molar-refractivity contribution in [3.63, 3.8) is 0 Å². The van der Waals surface area contributed by atoms with Gasteiger partial charge in [0.25, 0.3) is 0 Å². The zero-order valence-corrected chi connectivity index (χ0v) is 21.1. The van der Waals surface area contributed by atoms with Gasteiger partial charge in [-0.05, 0) is 34.4 Å². The Kier molecular flexibility index (Phi) is 9.45. The van der Waals surface area contributed by atoms with Gasteiger partial charge in [-0.15, -0.1) is 0 Å². The zero-order valence-electron chi connectivity index (χ0n) is 21.1. The Labute approximate surface area is 215 Å². The molecule has 3 aromatic rings. The van der Waals surface area contributed by atoms with Crippen molar-refractivity contribution in [2.75, 3.05) is 20.2 Å². The van der Waals surface area contributed by atoms with E-state index in [2.05, 4.69) is 5.32 Å². The molecule has 0 fully saturated rings. The Balaban J connectivity index is 1.92. The molecular weight excluding hydrogens is 476 g/mol.